The van der Waals surface area contributed by atoms with Crippen LogP contribution in [0, 0.1) is 0 Å². The van der Waals surface area contributed by atoms with E-state index in [1.54, 1.807) is 11.8 Å². The molecule has 122 valence electrons. The molecule has 0 aliphatic heterocycles. The Morgan fingerprint density at radius 1 is 0.905 bits per heavy atom. The predicted molar refractivity (Wildman–Crippen MR) is 91.5 cm³/mol. The molecule has 1 heterocycles. The molecule has 0 fully saturated rings. The van der Waals surface area contributed by atoms with Crippen molar-refractivity contribution in [1.82, 2.24) is 14.8 Å². The third-order valence-electron chi connectivity index (χ3n) is 3.84. The van der Waals surface area contributed by atoms with Crippen molar-refractivity contribution >= 4 is 11.8 Å². The predicted octanol–water partition coefficient (Wildman–Crippen LogP) is 4.29. The molecule has 5 heteroatoms. The first kappa shape index (κ1) is 18.5. The Morgan fingerprint density at radius 2 is 1.48 bits per heavy atom. The SMILES string of the molecule is CCCCCCCCCCCCSc1nnc(CN)n1C. The smallest absolute Gasteiger partial charge is 0.190 e. The number of thioether (sulfide) groups is 1. The zero-order valence-electron chi connectivity index (χ0n) is 13.8. The molecule has 0 atom stereocenters. The van der Waals surface area contributed by atoms with E-state index in [2.05, 4.69) is 17.1 Å². The highest BCUT2D eigenvalue weighted by Crippen LogP contribution is 2.18. The highest BCUT2D eigenvalue weighted by molar-refractivity contribution is 7.99. The largest absolute Gasteiger partial charge is 0.324 e. The number of hydrogen-bond acceptors (Lipinski definition) is 4. The van der Waals surface area contributed by atoms with Crippen molar-refractivity contribution in [1.29, 1.82) is 0 Å². The van der Waals surface area contributed by atoms with Crippen LogP contribution in [-0.4, -0.2) is 20.5 Å². The minimum absolute atomic E-state index is 0.461. The summed E-state index contributed by atoms with van der Waals surface area (Å²) < 4.78 is 2.00. The average Bonchev–Trinajstić information content (AvgIpc) is 2.85. The van der Waals surface area contributed by atoms with Crippen LogP contribution in [0.4, 0.5) is 0 Å². The highest BCUT2D eigenvalue weighted by atomic mass is 32.2. The van der Waals surface area contributed by atoms with Crippen LogP contribution in [0.5, 0.6) is 0 Å². The first-order valence-electron chi connectivity index (χ1n) is 8.50. The minimum atomic E-state index is 0.461. The van der Waals surface area contributed by atoms with Gasteiger partial charge in [-0.05, 0) is 6.42 Å². The maximum absolute atomic E-state index is 5.59. The lowest BCUT2D eigenvalue weighted by molar-refractivity contribution is 0.563. The number of unbranched alkanes of at least 4 members (excludes halogenated alkanes) is 9. The van der Waals surface area contributed by atoms with Gasteiger partial charge >= 0.3 is 0 Å². The Bertz CT molecular complexity index is 365. The zero-order chi connectivity index (χ0) is 15.3. The van der Waals surface area contributed by atoms with Crippen molar-refractivity contribution < 1.29 is 0 Å². The van der Waals surface area contributed by atoms with Crippen LogP contribution in [-0.2, 0) is 13.6 Å². The van der Waals surface area contributed by atoms with E-state index in [0.29, 0.717) is 6.54 Å². The van der Waals surface area contributed by atoms with Crippen molar-refractivity contribution in [3.8, 4) is 0 Å². The molecular weight excluding hydrogens is 280 g/mol. The highest BCUT2D eigenvalue weighted by Gasteiger charge is 2.06. The van der Waals surface area contributed by atoms with Gasteiger partial charge in [-0.15, -0.1) is 10.2 Å². The summed E-state index contributed by atoms with van der Waals surface area (Å²) in [4.78, 5) is 0. The Hall–Kier alpha value is -0.550. The fraction of sp³-hybridized carbons (Fsp3) is 0.875. The number of nitrogens with two attached hydrogens (primary N) is 1. The van der Waals surface area contributed by atoms with Gasteiger partial charge in [0.05, 0.1) is 6.54 Å². The van der Waals surface area contributed by atoms with Crippen molar-refractivity contribution in [2.24, 2.45) is 12.8 Å². The molecular formula is C16H32N4S. The van der Waals surface area contributed by atoms with Gasteiger partial charge in [0.2, 0.25) is 0 Å². The van der Waals surface area contributed by atoms with Gasteiger partial charge in [-0.25, -0.2) is 0 Å². The number of aromatic nitrogens is 3. The number of hydrogen-bond donors (Lipinski definition) is 1. The van der Waals surface area contributed by atoms with Gasteiger partial charge in [0.1, 0.15) is 5.82 Å². The van der Waals surface area contributed by atoms with E-state index < -0.39 is 0 Å². The van der Waals surface area contributed by atoms with Crippen LogP contribution in [0.3, 0.4) is 0 Å². The molecule has 0 saturated carbocycles. The monoisotopic (exact) mass is 312 g/mol. The van der Waals surface area contributed by atoms with E-state index in [0.717, 1.165) is 16.7 Å². The second-order valence-electron chi connectivity index (χ2n) is 5.69. The Morgan fingerprint density at radius 3 is 2.00 bits per heavy atom. The maximum Gasteiger partial charge on any atom is 0.190 e. The van der Waals surface area contributed by atoms with E-state index >= 15 is 0 Å². The van der Waals surface area contributed by atoms with Crippen LogP contribution in [0.25, 0.3) is 0 Å². The summed E-state index contributed by atoms with van der Waals surface area (Å²) in [6.07, 6.45) is 13.8. The second kappa shape index (κ2) is 12.0. The molecule has 0 radical (unpaired) electrons. The van der Waals surface area contributed by atoms with Crippen LogP contribution >= 0.6 is 11.8 Å². The quantitative estimate of drug-likeness (QED) is 0.436. The standard InChI is InChI=1S/C16H32N4S/c1-3-4-5-6-7-8-9-10-11-12-13-21-16-19-18-15(14-17)20(16)2/h3-14,17H2,1-2H3. The summed E-state index contributed by atoms with van der Waals surface area (Å²) in [7, 11) is 1.99. The van der Waals surface area contributed by atoms with E-state index in [1.807, 2.05) is 11.6 Å². The van der Waals surface area contributed by atoms with E-state index in [1.165, 1.54) is 64.2 Å². The van der Waals surface area contributed by atoms with Gasteiger partial charge in [-0.2, -0.15) is 0 Å². The Labute approximate surface area is 134 Å². The molecule has 4 nitrogen and oxygen atoms in total. The lowest BCUT2D eigenvalue weighted by Crippen LogP contribution is -2.05. The van der Waals surface area contributed by atoms with Crippen molar-refractivity contribution in [2.45, 2.75) is 82.8 Å². The summed E-state index contributed by atoms with van der Waals surface area (Å²) in [6, 6.07) is 0. The van der Waals surface area contributed by atoms with Crippen molar-refractivity contribution in [2.75, 3.05) is 5.75 Å². The van der Waals surface area contributed by atoms with Gasteiger partial charge in [0.15, 0.2) is 5.16 Å². The van der Waals surface area contributed by atoms with Gasteiger partial charge in [-0.1, -0.05) is 76.5 Å². The van der Waals surface area contributed by atoms with Crippen LogP contribution in [0.2, 0.25) is 0 Å². The van der Waals surface area contributed by atoms with Crippen LogP contribution in [0.15, 0.2) is 5.16 Å². The molecule has 0 aromatic carbocycles. The first-order valence-corrected chi connectivity index (χ1v) is 9.49. The fourth-order valence-electron chi connectivity index (χ4n) is 2.40. The van der Waals surface area contributed by atoms with Gasteiger partial charge in [-0.3, -0.25) is 0 Å². The molecule has 0 aliphatic carbocycles. The molecule has 21 heavy (non-hydrogen) atoms. The lowest BCUT2D eigenvalue weighted by atomic mass is 10.1. The maximum atomic E-state index is 5.59. The molecule has 0 spiro atoms. The fourth-order valence-corrected chi connectivity index (χ4v) is 3.33. The summed E-state index contributed by atoms with van der Waals surface area (Å²) in [5.74, 6) is 1.99. The third kappa shape index (κ3) is 7.86. The molecule has 1 aromatic rings. The molecule has 0 amide bonds. The number of rotatable bonds is 13. The van der Waals surface area contributed by atoms with Crippen LogP contribution < -0.4 is 5.73 Å². The molecule has 0 saturated heterocycles. The van der Waals surface area contributed by atoms with Crippen molar-refractivity contribution in [3.63, 3.8) is 0 Å². The van der Waals surface area contributed by atoms with E-state index in [-0.39, 0.29) is 0 Å². The molecule has 0 aliphatic rings. The zero-order valence-corrected chi connectivity index (χ0v) is 14.6. The molecule has 1 aromatic heterocycles. The summed E-state index contributed by atoms with van der Waals surface area (Å²) in [6.45, 7) is 2.73. The number of nitrogens with zero attached hydrogens (tertiary/aromatic N) is 3. The third-order valence-corrected chi connectivity index (χ3v) is 4.94. The summed E-state index contributed by atoms with van der Waals surface area (Å²) in [5, 5.41) is 9.23. The normalized spacial score (nSPS) is 11.2. The summed E-state index contributed by atoms with van der Waals surface area (Å²) in [5.41, 5.74) is 5.59. The van der Waals surface area contributed by atoms with Gasteiger partial charge in [0, 0.05) is 12.8 Å². The van der Waals surface area contributed by atoms with Gasteiger partial charge < -0.3 is 10.3 Å². The van der Waals surface area contributed by atoms with E-state index in [9.17, 15) is 0 Å². The molecule has 2 N–H and O–H groups in total. The second-order valence-corrected chi connectivity index (χ2v) is 6.75. The molecule has 0 bridgehead atoms. The van der Waals surface area contributed by atoms with Crippen LogP contribution in [0.1, 0.15) is 77.0 Å². The minimum Gasteiger partial charge on any atom is -0.324 e. The Kier molecular flexibility index (Phi) is 10.6. The topological polar surface area (TPSA) is 56.7 Å². The Balaban J connectivity index is 1.91. The molecule has 1 rings (SSSR count). The van der Waals surface area contributed by atoms with Crippen molar-refractivity contribution in [3.05, 3.63) is 5.82 Å². The average molecular weight is 313 g/mol. The molecule has 0 unspecified atom stereocenters. The lowest BCUT2D eigenvalue weighted by Gasteiger charge is -2.03. The first-order chi connectivity index (χ1) is 10.3. The van der Waals surface area contributed by atoms with Gasteiger partial charge in [0.25, 0.3) is 0 Å². The van der Waals surface area contributed by atoms with E-state index in [4.69, 9.17) is 5.73 Å². The summed E-state index contributed by atoms with van der Waals surface area (Å²) >= 11 is 1.79.